The van der Waals surface area contributed by atoms with Gasteiger partial charge in [-0.25, -0.2) is 0 Å². The minimum atomic E-state index is 0.628. The lowest BCUT2D eigenvalue weighted by atomic mass is 10.0. The minimum Gasteiger partial charge on any atom is -0.496 e. The molecule has 0 N–H and O–H groups in total. The summed E-state index contributed by atoms with van der Waals surface area (Å²) in [6.45, 7) is 0. The first-order valence-corrected chi connectivity index (χ1v) is 5.52. The Labute approximate surface area is 105 Å². The van der Waals surface area contributed by atoms with Gasteiger partial charge < -0.3 is 4.74 Å². The zero-order valence-corrected chi connectivity index (χ0v) is 10.1. The van der Waals surface area contributed by atoms with Gasteiger partial charge in [0.05, 0.1) is 12.1 Å². The van der Waals surface area contributed by atoms with Gasteiger partial charge in [-0.1, -0.05) is 41.9 Å². The van der Waals surface area contributed by atoms with Gasteiger partial charge in [-0.2, -0.15) is 0 Å². The molecule has 0 fully saturated rings. The molecule has 0 unspecified atom stereocenters. The number of hydrogen-bond donors (Lipinski definition) is 0. The van der Waals surface area contributed by atoms with Crippen molar-refractivity contribution >= 4 is 17.9 Å². The summed E-state index contributed by atoms with van der Waals surface area (Å²) in [6, 6.07) is 12.7. The van der Waals surface area contributed by atoms with Crippen LogP contribution in [0.1, 0.15) is 10.4 Å². The van der Waals surface area contributed by atoms with E-state index in [-0.39, 0.29) is 0 Å². The van der Waals surface area contributed by atoms with E-state index in [9.17, 15) is 4.79 Å². The van der Waals surface area contributed by atoms with E-state index >= 15 is 0 Å². The van der Waals surface area contributed by atoms with E-state index in [0.29, 0.717) is 10.6 Å². The smallest absolute Gasteiger partial charge is 0.150 e. The first-order valence-electron chi connectivity index (χ1n) is 5.14. The van der Waals surface area contributed by atoms with Crippen molar-refractivity contribution in [1.82, 2.24) is 0 Å². The molecule has 0 radical (unpaired) electrons. The molecule has 0 heterocycles. The van der Waals surface area contributed by atoms with Gasteiger partial charge in [0.25, 0.3) is 0 Å². The molecule has 3 heteroatoms. The molecule has 0 amide bonds. The Morgan fingerprint density at radius 1 is 1.12 bits per heavy atom. The van der Waals surface area contributed by atoms with Gasteiger partial charge >= 0.3 is 0 Å². The lowest BCUT2D eigenvalue weighted by Crippen LogP contribution is -1.89. The van der Waals surface area contributed by atoms with E-state index in [1.807, 2.05) is 30.3 Å². The van der Waals surface area contributed by atoms with Crippen LogP contribution in [0.3, 0.4) is 0 Å². The molecule has 0 saturated heterocycles. The van der Waals surface area contributed by atoms with Gasteiger partial charge in [-0.3, -0.25) is 4.79 Å². The number of aldehydes is 1. The van der Waals surface area contributed by atoms with Crippen LogP contribution in [0.5, 0.6) is 5.75 Å². The fourth-order valence-electron chi connectivity index (χ4n) is 1.68. The maximum absolute atomic E-state index is 10.6. The van der Waals surface area contributed by atoms with Gasteiger partial charge in [0.2, 0.25) is 0 Å². The Bertz CT molecular complexity index is 532. The van der Waals surface area contributed by atoms with Gasteiger partial charge in [0.15, 0.2) is 0 Å². The third-order valence-electron chi connectivity index (χ3n) is 2.53. The molecule has 0 atom stereocenters. The van der Waals surface area contributed by atoms with Crippen LogP contribution in [0.25, 0.3) is 11.1 Å². The zero-order chi connectivity index (χ0) is 12.3. The summed E-state index contributed by atoms with van der Waals surface area (Å²) in [5, 5.41) is 0.628. The number of benzene rings is 2. The predicted octanol–water partition coefficient (Wildman–Crippen LogP) is 3.83. The fourth-order valence-corrected chi connectivity index (χ4v) is 1.96. The molecule has 0 aromatic heterocycles. The summed E-state index contributed by atoms with van der Waals surface area (Å²) in [6.07, 6.45) is 0.813. The van der Waals surface area contributed by atoms with Crippen LogP contribution < -0.4 is 4.74 Å². The number of carbonyl (C=O) groups is 1. The second-order valence-electron chi connectivity index (χ2n) is 3.56. The van der Waals surface area contributed by atoms with Crippen molar-refractivity contribution in [2.75, 3.05) is 7.11 Å². The van der Waals surface area contributed by atoms with Gasteiger partial charge in [-0.05, 0) is 17.7 Å². The van der Waals surface area contributed by atoms with Crippen LogP contribution in [0.15, 0.2) is 42.5 Å². The lowest BCUT2D eigenvalue weighted by Gasteiger charge is -2.10. The third kappa shape index (κ3) is 2.32. The number of methoxy groups -OCH3 is 1. The van der Waals surface area contributed by atoms with Crippen LogP contribution in [0.4, 0.5) is 0 Å². The van der Waals surface area contributed by atoms with Crippen LogP contribution in [0, 0.1) is 0 Å². The number of hydrogen-bond acceptors (Lipinski definition) is 2. The van der Waals surface area contributed by atoms with Crippen molar-refractivity contribution in [1.29, 1.82) is 0 Å². The van der Waals surface area contributed by atoms with E-state index in [1.54, 1.807) is 19.2 Å². The third-order valence-corrected chi connectivity index (χ3v) is 2.85. The van der Waals surface area contributed by atoms with Crippen molar-refractivity contribution in [3.63, 3.8) is 0 Å². The normalized spacial score (nSPS) is 10.0. The molecule has 0 saturated carbocycles. The van der Waals surface area contributed by atoms with E-state index in [4.69, 9.17) is 16.3 Å². The van der Waals surface area contributed by atoms with Crippen LogP contribution in [-0.2, 0) is 0 Å². The summed E-state index contributed by atoms with van der Waals surface area (Å²) in [5.74, 6) is 0.719. The quantitative estimate of drug-likeness (QED) is 0.770. The number of ether oxygens (including phenoxy) is 1. The fraction of sp³-hybridized carbons (Fsp3) is 0.0714. The average Bonchev–Trinajstić information content (AvgIpc) is 2.38. The van der Waals surface area contributed by atoms with Gasteiger partial charge in [0, 0.05) is 11.1 Å². The molecule has 2 nitrogen and oxygen atoms in total. The van der Waals surface area contributed by atoms with E-state index < -0.39 is 0 Å². The number of carbonyl (C=O) groups excluding carboxylic acids is 1. The number of halogens is 1. The number of rotatable bonds is 3. The first kappa shape index (κ1) is 11.7. The van der Waals surface area contributed by atoms with Crippen molar-refractivity contribution < 1.29 is 9.53 Å². The Hall–Kier alpha value is -1.80. The SMILES string of the molecule is COc1cccc(Cl)c1-c1ccc(C=O)cc1. The standard InChI is InChI=1S/C14H11ClO2/c1-17-13-4-2-3-12(15)14(13)11-7-5-10(9-16)6-8-11/h2-9H,1H3. The second-order valence-corrected chi connectivity index (χ2v) is 3.96. The summed E-state index contributed by atoms with van der Waals surface area (Å²) < 4.78 is 5.28. The molecular weight excluding hydrogens is 236 g/mol. The molecule has 86 valence electrons. The van der Waals surface area contributed by atoms with E-state index in [0.717, 1.165) is 23.2 Å². The average molecular weight is 247 g/mol. The maximum Gasteiger partial charge on any atom is 0.150 e. The molecular formula is C14H11ClO2. The highest BCUT2D eigenvalue weighted by atomic mass is 35.5. The van der Waals surface area contributed by atoms with Gasteiger partial charge in [0.1, 0.15) is 12.0 Å². The molecule has 0 aliphatic rings. The highest BCUT2D eigenvalue weighted by Crippen LogP contribution is 2.36. The van der Waals surface area contributed by atoms with Crippen molar-refractivity contribution in [2.45, 2.75) is 0 Å². The highest BCUT2D eigenvalue weighted by Gasteiger charge is 2.09. The second kappa shape index (κ2) is 5.02. The summed E-state index contributed by atoms with van der Waals surface area (Å²) >= 11 is 6.17. The Morgan fingerprint density at radius 2 is 1.82 bits per heavy atom. The summed E-state index contributed by atoms with van der Waals surface area (Å²) in [4.78, 5) is 10.6. The lowest BCUT2D eigenvalue weighted by molar-refractivity contribution is 0.112. The van der Waals surface area contributed by atoms with Crippen molar-refractivity contribution in [3.8, 4) is 16.9 Å². The molecule has 0 aliphatic heterocycles. The Balaban J connectivity index is 2.55. The molecule has 0 aliphatic carbocycles. The Morgan fingerprint density at radius 3 is 2.41 bits per heavy atom. The predicted molar refractivity (Wildman–Crippen MR) is 68.8 cm³/mol. The minimum absolute atomic E-state index is 0.628. The highest BCUT2D eigenvalue weighted by molar-refractivity contribution is 6.33. The summed E-state index contributed by atoms with van der Waals surface area (Å²) in [7, 11) is 1.61. The molecule has 0 bridgehead atoms. The molecule has 17 heavy (non-hydrogen) atoms. The van der Waals surface area contributed by atoms with Crippen LogP contribution >= 0.6 is 11.6 Å². The topological polar surface area (TPSA) is 26.3 Å². The monoisotopic (exact) mass is 246 g/mol. The van der Waals surface area contributed by atoms with Crippen LogP contribution in [0.2, 0.25) is 5.02 Å². The molecule has 2 aromatic rings. The van der Waals surface area contributed by atoms with Crippen LogP contribution in [-0.4, -0.2) is 13.4 Å². The maximum atomic E-state index is 10.6. The molecule has 0 spiro atoms. The molecule has 2 rings (SSSR count). The molecule has 2 aromatic carbocycles. The largest absolute Gasteiger partial charge is 0.496 e. The van der Waals surface area contributed by atoms with Crippen molar-refractivity contribution in [3.05, 3.63) is 53.1 Å². The zero-order valence-electron chi connectivity index (χ0n) is 9.31. The van der Waals surface area contributed by atoms with E-state index in [2.05, 4.69) is 0 Å². The van der Waals surface area contributed by atoms with E-state index in [1.165, 1.54) is 0 Å². The Kier molecular flexibility index (Phi) is 3.45. The van der Waals surface area contributed by atoms with Gasteiger partial charge in [-0.15, -0.1) is 0 Å². The van der Waals surface area contributed by atoms with Crippen molar-refractivity contribution in [2.24, 2.45) is 0 Å². The first-order chi connectivity index (χ1) is 8.26. The summed E-state index contributed by atoms with van der Waals surface area (Å²) in [5.41, 5.74) is 2.41.